The number of nitrogens with zero attached hydrogens (tertiary/aromatic N) is 1. The molecule has 0 amide bonds. The van der Waals surface area contributed by atoms with Crippen LogP contribution in [0.1, 0.15) is 0 Å². The molecule has 2 aromatic rings. The third kappa shape index (κ3) is 2.35. The molecule has 2 rings (SSSR count). The smallest absolute Gasteiger partial charge is 0.183 e. The molecule has 0 fully saturated rings. The van der Waals surface area contributed by atoms with E-state index in [1.807, 2.05) is 18.2 Å². The number of nitrogens with one attached hydrogen (secondary N) is 1. The van der Waals surface area contributed by atoms with Crippen LogP contribution >= 0.6 is 23.7 Å². The minimum atomic E-state index is 0. The van der Waals surface area contributed by atoms with Crippen LogP contribution in [0.4, 0.5) is 5.13 Å². The lowest BCUT2D eigenvalue weighted by molar-refractivity contribution is 1.02. The molecule has 0 atom stereocenters. The quantitative estimate of drug-likeness (QED) is 0.848. The Morgan fingerprint density at radius 1 is 1.36 bits per heavy atom. The Hall–Kier alpha value is -0.840. The monoisotopic (exact) mass is 229 g/mol. The number of nitrogens with two attached hydrogens (primary N) is 1. The Bertz CT molecular complexity index is 369. The zero-order valence-electron chi connectivity index (χ0n) is 7.56. The van der Waals surface area contributed by atoms with E-state index >= 15 is 0 Å². The van der Waals surface area contributed by atoms with Gasteiger partial charge in [0.1, 0.15) is 0 Å². The summed E-state index contributed by atoms with van der Waals surface area (Å²) in [5, 5.41) is 4.12. The molecule has 0 unspecified atom stereocenters. The van der Waals surface area contributed by atoms with Crippen molar-refractivity contribution in [1.82, 2.24) is 4.98 Å². The zero-order chi connectivity index (χ0) is 9.10. The first-order chi connectivity index (χ1) is 6.40. The summed E-state index contributed by atoms with van der Waals surface area (Å²) in [6.07, 6.45) is 0. The first-order valence-electron chi connectivity index (χ1n) is 4.19. The second-order valence-corrected chi connectivity index (χ2v) is 3.73. The molecule has 0 aliphatic carbocycles. The fourth-order valence-electron chi connectivity index (χ4n) is 1.13. The predicted octanol–water partition coefficient (Wildman–Crippen LogP) is 2.09. The van der Waals surface area contributed by atoms with E-state index in [2.05, 4.69) is 16.4 Å². The Labute approximate surface area is 92.7 Å². The van der Waals surface area contributed by atoms with Crippen LogP contribution in [0.3, 0.4) is 0 Å². The van der Waals surface area contributed by atoms with Crippen molar-refractivity contribution in [2.24, 2.45) is 5.73 Å². The molecular weight excluding hydrogens is 218 g/mol. The highest BCUT2D eigenvalue weighted by atomic mass is 35.5. The Balaban J connectivity index is 0.000000980. The van der Waals surface area contributed by atoms with E-state index in [0.29, 0.717) is 6.54 Å². The molecule has 0 bridgehead atoms. The fourth-order valence-corrected chi connectivity index (χ4v) is 2.02. The van der Waals surface area contributed by atoms with Gasteiger partial charge >= 0.3 is 0 Å². The standard InChI is InChI=1S/C9H11N3S.ClH/c10-5-6-11-9-12-7-3-1-2-4-8(7)13-9;/h1-4H,5-6,10H2,(H,11,12);1H. The van der Waals surface area contributed by atoms with Gasteiger partial charge in [-0.05, 0) is 12.1 Å². The van der Waals surface area contributed by atoms with Crippen molar-refractivity contribution < 1.29 is 0 Å². The number of anilines is 1. The van der Waals surface area contributed by atoms with Gasteiger partial charge in [0.25, 0.3) is 0 Å². The summed E-state index contributed by atoms with van der Waals surface area (Å²) in [5.41, 5.74) is 6.43. The molecule has 0 aliphatic heterocycles. The SMILES string of the molecule is Cl.NCCNc1nc2ccccc2s1. The first-order valence-corrected chi connectivity index (χ1v) is 5.01. The number of fused-ring (bicyclic) bond motifs is 1. The van der Waals surface area contributed by atoms with Gasteiger partial charge in [-0.15, -0.1) is 12.4 Å². The number of para-hydroxylation sites is 1. The second kappa shape index (κ2) is 5.14. The lowest BCUT2D eigenvalue weighted by Crippen LogP contribution is -2.12. The van der Waals surface area contributed by atoms with E-state index in [0.717, 1.165) is 17.2 Å². The van der Waals surface area contributed by atoms with Crippen LogP contribution in [0.25, 0.3) is 10.2 Å². The summed E-state index contributed by atoms with van der Waals surface area (Å²) >= 11 is 1.66. The summed E-state index contributed by atoms with van der Waals surface area (Å²) in [6.45, 7) is 1.41. The van der Waals surface area contributed by atoms with Crippen molar-refractivity contribution in [2.45, 2.75) is 0 Å². The maximum Gasteiger partial charge on any atom is 0.183 e. The zero-order valence-corrected chi connectivity index (χ0v) is 9.20. The lowest BCUT2D eigenvalue weighted by atomic mass is 10.3. The number of thiazole rings is 1. The van der Waals surface area contributed by atoms with Crippen molar-refractivity contribution in [3.05, 3.63) is 24.3 Å². The number of halogens is 1. The molecule has 3 nitrogen and oxygen atoms in total. The lowest BCUT2D eigenvalue weighted by Gasteiger charge is -1.95. The van der Waals surface area contributed by atoms with Crippen LogP contribution in [-0.2, 0) is 0 Å². The average molecular weight is 230 g/mol. The van der Waals surface area contributed by atoms with Crippen LogP contribution in [0.15, 0.2) is 24.3 Å². The summed E-state index contributed by atoms with van der Waals surface area (Å²) in [4.78, 5) is 4.40. The molecule has 0 saturated carbocycles. The molecule has 1 aromatic carbocycles. The number of hydrogen-bond acceptors (Lipinski definition) is 4. The minimum absolute atomic E-state index is 0. The highest BCUT2D eigenvalue weighted by Crippen LogP contribution is 2.24. The molecule has 1 heterocycles. The van der Waals surface area contributed by atoms with E-state index in [4.69, 9.17) is 5.73 Å². The first kappa shape index (κ1) is 11.2. The van der Waals surface area contributed by atoms with Crippen molar-refractivity contribution in [1.29, 1.82) is 0 Å². The number of aromatic nitrogens is 1. The van der Waals surface area contributed by atoms with Gasteiger partial charge in [-0.25, -0.2) is 4.98 Å². The maximum absolute atomic E-state index is 5.38. The molecule has 5 heteroatoms. The van der Waals surface area contributed by atoms with Gasteiger partial charge < -0.3 is 11.1 Å². The fraction of sp³-hybridized carbons (Fsp3) is 0.222. The average Bonchev–Trinajstić information content (AvgIpc) is 2.57. The molecular formula is C9H12ClN3S. The molecule has 76 valence electrons. The Morgan fingerprint density at radius 3 is 2.86 bits per heavy atom. The predicted molar refractivity (Wildman–Crippen MR) is 64.4 cm³/mol. The summed E-state index contributed by atoms with van der Waals surface area (Å²) in [6, 6.07) is 8.10. The molecule has 14 heavy (non-hydrogen) atoms. The summed E-state index contributed by atoms with van der Waals surface area (Å²) in [7, 11) is 0. The van der Waals surface area contributed by atoms with Crippen molar-refractivity contribution in [3.63, 3.8) is 0 Å². The van der Waals surface area contributed by atoms with Crippen LogP contribution < -0.4 is 11.1 Å². The Morgan fingerprint density at radius 2 is 2.14 bits per heavy atom. The molecule has 0 spiro atoms. The van der Waals surface area contributed by atoms with E-state index in [1.54, 1.807) is 11.3 Å². The second-order valence-electron chi connectivity index (χ2n) is 2.70. The van der Waals surface area contributed by atoms with Crippen molar-refractivity contribution in [2.75, 3.05) is 18.4 Å². The van der Waals surface area contributed by atoms with Crippen molar-refractivity contribution >= 4 is 39.1 Å². The largest absolute Gasteiger partial charge is 0.360 e. The van der Waals surface area contributed by atoms with E-state index in [1.165, 1.54) is 4.70 Å². The molecule has 0 aliphatic rings. The maximum atomic E-state index is 5.38. The summed E-state index contributed by atoms with van der Waals surface area (Å²) < 4.78 is 1.21. The molecule has 0 radical (unpaired) electrons. The van der Waals surface area contributed by atoms with Gasteiger partial charge in [0.05, 0.1) is 10.2 Å². The normalized spacial score (nSPS) is 9.79. The van der Waals surface area contributed by atoms with Gasteiger partial charge in [0.15, 0.2) is 5.13 Å². The van der Waals surface area contributed by atoms with E-state index in [-0.39, 0.29) is 12.4 Å². The molecule has 0 saturated heterocycles. The van der Waals surface area contributed by atoms with Gasteiger partial charge in [-0.1, -0.05) is 23.5 Å². The third-order valence-electron chi connectivity index (χ3n) is 1.71. The summed E-state index contributed by atoms with van der Waals surface area (Å²) in [5.74, 6) is 0. The number of rotatable bonds is 3. The topological polar surface area (TPSA) is 50.9 Å². The van der Waals surface area contributed by atoms with Crippen molar-refractivity contribution in [3.8, 4) is 0 Å². The molecule has 1 aromatic heterocycles. The number of hydrogen-bond donors (Lipinski definition) is 2. The van der Waals surface area contributed by atoms with Gasteiger partial charge in [0, 0.05) is 13.1 Å². The highest BCUT2D eigenvalue weighted by Gasteiger charge is 2.00. The Kier molecular flexibility index (Phi) is 4.13. The van der Waals surface area contributed by atoms with E-state index < -0.39 is 0 Å². The van der Waals surface area contributed by atoms with Gasteiger partial charge in [-0.2, -0.15) is 0 Å². The molecule has 3 N–H and O–H groups in total. The van der Waals surface area contributed by atoms with Crippen LogP contribution in [0, 0.1) is 0 Å². The highest BCUT2D eigenvalue weighted by molar-refractivity contribution is 7.22. The third-order valence-corrected chi connectivity index (χ3v) is 2.71. The van der Waals surface area contributed by atoms with Crippen LogP contribution in [0.2, 0.25) is 0 Å². The van der Waals surface area contributed by atoms with E-state index in [9.17, 15) is 0 Å². The van der Waals surface area contributed by atoms with Crippen LogP contribution in [-0.4, -0.2) is 18.1 Å². The van der Waals surface area contributed by atoms with Gasteiger partial charge in [-0.3, -0.25) is 0 Å². The van der Waals surface area contributed by atoms with Crippen LogP contribution in [0.5, 0.6) is 0 Å². The van der Waals surface area contributed by atoms with Gasteiger partial charge in [0.2, 0.25) is 0 Å². The minimum Gasteiger partial charge on any atom is -0.360 e. The number of benzene rings is 1.